The smallest absolute Gasteiger partial charge is 0.136 e. The van der Waals surface area contributed by atoms with E-state index in [1.54, 1.807) is 0 Å². The lowest BCUT2D eigenvalue weighted by Crippen LogP contribution is -2.15. The van der Waals surface area contributed by atoms with Crippen LogP contribution in [0.5, 0.6) is 0 Å². The highest BCUT2D eigenvalue weighted by Gasteiger charge is 2.16. The summed E-state index contributed by atoms with van der Waals surface area (Å²) in [5.74, 6) is 0.525. The van der Waals surface area contributed by atoms with Crippen LogP contribution in [-0.2, 0) is 9.59 Å². The number of carbonyl (C=O) groups is 2. The van der Waals surface area contributed by atoms with Gasteiger partial charge in [0.25, 0.3) is 0 Å². The summed E-state index contributed by atoms with van der Waals surface area (Å²) in [4.78, 5) is 24.6. The third-order valence-corrected chi connectivity index (χ3v) is 7.17. The summed E-state index contributed by atoms with van der Waals surface area (Å²) in [6.45, 7) is 6.49. The molecule has 0 heterocycles. The van der Waals surface area contributed by atoms with E-state index in [1.165, 1.54) is 128 Å². The maximum absolute atomic E-state index is 12.3. The van der Waals surface area contributed by atoms with Crippen molar-refractivity contribution in [2.24, 2.45) is 5.92 Å². The summed E-state index contributed by atoms with van der Waals surface area (Å²) in [5.41, 5.74) is 0. The molecule has 196 valence electrons. The zero-order chi connectivity index (χ0) is 24.4. The van der Waals surface area contributed by atoms with E-state index in [-0.39, 0.29) is 5.92 Å². The Labute approximate surface area is 208 Å². The fraction of sp³-hybridized carbons (Fsp3) is 0.935. The molecule has 1 unspecified atom stereocenters. The normalized spacial score (nSPS) is 12.2. The van der Waals surface area contributed by atoms with Gasteiger partial charge >= 0.3 is 0 Å². The van der Waals surface area contributed by atoms with E-state index in [9.17, 15) is 9.59 Å². The molecule has 2 nitrogen and oxygen atoms in total. The molecular formula is C31H60O2. The van der Waals surface area contributed by atoms with Crippen LogP contribution in [-0.4, -0.2) is 11.6 Å². The molecule has 0 aromatic carbocycles. The summed E-state index contributed by atoms with van der Waals surface area (Å²) >= 11 is 0. The summed E-state index contributed by atoms with van der Waals surface area (Å²) in [5, 5.41) is 0. The van der Waals surface area contributed by atoms with Crippen LogP contribution in [0, 0.1) is 5.92 Å². The van der Waals surface area contributed by atoms with Gasteiger partial charge < -0.3 is 0 Å². The van der Waals surface area contributed by atoms with Gasteiger partial charge in [-0.3, -0.25) is 9.59 Å². The van der Waals surface area contributed by atoms with Crippen LogP contribution in [0.15, 0.2) is 0 Å². The standard InChI is InChI=1S/C31H60O2/c1-4-6-8-10-12-14-16-18-20-22-24-26-30(32)28-29(3)31(33)27-25-23-21-19-17-15-13-11-9-7-5-2/h29H,4-28H2,1-3H3. The monoisotopic (exact) mass is 464 g/mol. The Morgan fingerprint density at radius 1 is 0.455 bits per heavy atom. The lowest BCUT2D eigenvalue weighted by molar-refractivity contribution is -0.127. The van der Waals surface area contributed by atoms with Crippen molar-refractivity contribution in [3.63, 3.8) is 0 Å². The maximum atomic E-state index is 12.3. The van der Waals surface area contributed by atoms with E-state index in [0.29, 0.717) is 30.8 Å². The lowest BCUT2D eigenvalue weighted by Gasteiger charge is -2.10. The van der Waals surface area contributed by atoms with Gasteiger partial charge in [0, 0.05) is 25.2 Å². The van der Waals surface area contributed by atoms with Crippen molar-refractivity contribution in [1.82, 2.24) is 0 Å². The second-order valence-electron chi connectivity index (χ2n) is 10.7. The van der Waals surface area contributed by atoms with Crippen LogP contribution in [0.25, 0.3) is 0 Å². The molecule has 2 heteroatoms. The fourth-order valence-electron chi connectivity index (χ4n) is 4.75. The summed E-state index contributed by atoms with van der Waals surface area (Å²) in [6, 6.07) is 0. The largest absolute Gasteiger partial charge is 0.300 e. The first-order chi connectivity index (χ1) is 16.1. The van der Waals surface area contributed by atoms with E-state index in [0.717, 1.165) is 12.8 Å². The molecule has 0 N–H and O–H groups in total. The molecule has 0 aliphatic carbocycles. The number of unbranched alkanes of at least 4 members (excludes halogenated alkanes) is 20. The number of hydrogen-bond acceptors (Lipinski definition) is 2. The molecule has 0 radical (unpaired) electrons. The van der Waals surface area contributed by atoms with Crippen molar-refractivity contribution >= 4 is 11.6 Å². The first kappa shape index (κ1) is 32.3. The topological polar surface area (TPSA) is 34.1 Å². The van der Waals surface area contributed by atoms with Gasteiger partial charge in [0.1, 0.15) is 11.6 Å². The maximum Gasteiger partial charge on any atom is 0.136 e. The highest BCUT2D eigenvalue weighted by atomic mass is 16.1. The average molecular weight is 465 g/mol. The molecule has 0 aliphatic rings. The first-order valence-electron chi connectivity index (χ1n) is 15.2. The number of Topliss-reactive ketones (excluding diaryl/α,β-unsaturated/α-hetero) is 2. The van der Waals surface area contributed by atoms with Crippen LogP contribution in [0.1, 0.15) is 181 Å². The molecule has 0 spiro atoms. The quantitative estimate of drug-likeness (QED) is 0.113. The molecule has 0 saturated heterocycles. The van der Waals surface area contributed by atoms with Crippen LogP contribution in [0.4, 0.5) is 0 Å². The zero-order valence-electron chi connectivity index (χ0n) is 23.1. The average Bonchev–Trinajstić information content (AvgIpc) is 2.80. The van der Waals surface area contributed by atoms with E-state index in [4.69, 9.17) is 0 Å². The molecule has 0 saturated carbocycles. The molecule has 0 fully saturated rings. The second kappa shape index (κ2) is 26.0. The van der Waals surface area contributed by atoms with Crippen molar-refractivity contribution < 1.29 is 9.59 Å². The van der Waals surface area contributed by atoms with E-state index < -0.39 is 0 Å². The van der Waals surface area contributed by atoms with Crippen LogP contribution >= 0.6 is 0 Å². The van der Waals surface area contributed by atoms with Gasteiger partial charge in [-0.1, -0.05) is 149 Å². The fourth-order valence-corrected chi connectivity index (χ4v) is 4.75. The predicted molar refractivity (Wildman–Crippen MR) is 146 cm³/mol. The Morgan fingerprint density at radius 3 is 1.12 bits per heavy atom. The summed E-state index contributed by atoms with van der Waals surface area (Å²) in [6.07, 6.45) is 30.6. The molecule has 0 aliphatic heterocycles. The Bertz CT molecular complexity index is 429. The predicted octanol–water partition coefficient (Wildman–Crippen LogP) is 10.6. The van der Waals surface area contributed by atoms with Gasteiger partial charge in [0.15, 0.2) is 0 Å². The molecule has 0 amide bonds. The summed E-state index contributed by atoms with van der Waals surface area (Å²) < 4.78 is 0. The SMILES string of the molecule is CCCCCCCCCCCCCC(=O)CC(C)C(=O)CCCCCCCCCCCCC. The number of carbonyl (C=O) groups excluding carboxylic acids is 2. The third-order valence-electron chi connectivity index (χ3n) is 7.17. The van der Waals surface area contributed by atoms with Crippen molar-refractivity contribution in [2.75, 3.05) is 0 Å². The minimum Gasteiger partial charge on any atom is -0.300 e. The highest BCUT2D eigenvalue weighted by Crippen LogP contribution is 2.16. The Kier molecular flexibility index (Phi) is 25.4. The molecular weight excluding hydrogens is 404 g/mol. The third kappa shape index (κ3) is 24.3. The van der Waals surface area contributed by atoms with Crippen molar-refractivity contribution in [1.29, 1.82) is 0 Å². The minimum absolute atomic E-state index is 0.0756. The van der Waals surface area contributed by atoms with E-state index >= 15 is 0 Å². The molecule has 1 atom stereocenters. The van der Waals surface area contributed by atoms with E-state index in [1.807, 2.05) is 6.92 Å². The Morgan fingerprint density at radius 2 is 0.758 bits per heavy atom. The van der Waals surface area contributed by atoms with Gasteiger partial charge in [-0.2, -0.15) is 0 Å². The van der Waals surface area contributed by atoms with Gasteiger partial charge in [-0.25, -0.2) is 0 Å². The van der Waals surface area contributed by atoms with Crippen molar-refractivity contribution in [3.8, 4) is 0 Å². The van der Waals surface area contributed by atoms with Crippen molar-refractivity contribution in [3.05, 3.63) is 0 Å². The Hall–Kier alpha value is -0.660. The van der Waals surface area contributed by atoms with Gasteiger partial charge in [-0.05, 0) is 12.8 Å². The van der Waals surface area contributed by atoms with Gasteiger partial charge in [0.05, 0.1) is 0 Å². The van der Waals surface area contributed by atoms with Crippen LogP contribution in [0.3, 0.4) is 0 Å². The number of ketones is 2. The number of hydrogen-bond donors (Lipinski definition) is 0. The molecule has 0 bridgehead atoms. The van der Waals surface area contributed by atoms with Crippen LogP contribution in [0.2, 0.25) is 0 Å². The van der Waals surface area contributed by atoms with Gasteiger partial charge in [0.2, 0.25) is 0 Å². The number of rotatable bonds is 27. The van der Waals surface area contributed by atoms with Crippen LogP contribution < -0.4 is 0 Å². The first-order valence-corrected chi connectivity index (χ1v) is 15.2. The molecule has 0 rings (SSSR count). The Balaban J connectivity index is 3.46. The molecule has 0 aromatic rings. The molecule has 0 aromatic heterocycles. The summed E-state index contributed by atoms with van der Waals surface area (Å²) in [7, 11) is 0. The minimum atomic E-state index is -0.0756. The highest BCUT2D eigenvalue weighted by molar-refractivity contribution is 5.87. The zero-order valence-corrected chi connectivity index (χ0v) is 23.1. The lowest BCUT2D eigenvalue weighted by atomic mass is 9.93. The van der Waals surface area contributed by atoms with E-state index in [2.05, 4.69) is 13.8 Å². The van der Waals surface area contributed by atoms with Gasteiger partial charge in [-0.15, -0.1) is 0 Å². The second-order valence-corrected chi connectivity index (χ2v) is 10.7. The molecule has 33 heavy (non-hydrogen) atoms. The van der Waals surface area contributed by atoms with Crippen molar-refractivity contribution in [2.45, 2.75) is 181 Å².